The van der Waals surface area contributed by atoms with Crippen LogP contribution in [0.5, 0.6) is 0 Å². The first kappa shape index (κ1) is 7.60. The molecule has 0 fully saturated rings. The Kier molecular flexibility index (Phi) is 2.32. The lowest BCUT2D eigenvalue weighted by atomic mass is 10.5. The molecule has 1 rings (SSSR count). The highest BCUT2D eigenvalue weighted by Crippen LogP contribution is 2.23. The van der Waals surface area contributed by atoms with Crippen molar-refractivity contribution in [3.05, 3.63) is 0 Å². The van der Waals surface area contributed by atoms with Gasteiger partial charge < -0.3 is 4.74 Å². The Morgan fingerprint density at radius 2 is 2.50 bits per heavy atom. The van der Waals surface area contributed by atoms with Gasteiger partial charge in [0.05, 0.1) is 7.11 Å². The highest BCUT2D eigenvalue weighted by Gasteiger charge is 2.24. The second kappa shape index (κ2) is 3.05. The molecule has 0 aromatic heterocycles. The third-order valence-electron chi connectivity index (χ3n) is 1.18. The summed E-state index contributed by atoms with van der Waals surface area (Å²) >= 11 is 1.50. The van der Waals surface area contributed by atoms with Gasteiger partial charge in [0.1, 0.15) is 0 Å². The minimum absolute atomic E-state index is 0.259. The second-order valence-electron chi connectivity index (χ2n) is 2.01. The molecule has 0 aliphatic carbocycles. The first-order valence-corrected chi connectivity index (χ1v) is 3.95. The molecular formula is C6H9NO2S. The van der Waals surface area contributed by atoms with E-state index >= 15 is 0 Å². The fourth-order valence-corrected chi connectivity index (χ4v) is 1.59. The molecule has 4 heteroatoms. The largest absolute Gasteiger partial charge is 0.467 e. The lowest BCUT2D eigenvalue weighted by Gasteiger charge is -2.03. The van der Waals surface area contributed by atoms with E-state index in [2.05, 4.69) is 9.73 Å². The molecule has 56 valence electrons. The smallest absolute Gasteiger partial charge is 0.341 e. The van der Waals surface area contributed by atoms with E-state index in [-0.39, 0.29) is 11.3 Å². The molecule has 2 atom stereocenters. The van der Waals surface area contributed by atoms with Crippen molar-refractivity contribution in [1.82, 2.24) is 0 Å². The van der Waals surface area contributed by atoms with Gasteiger partial charge in [-0.15, -0.1) is 11.8 Å². The predicted octanol–water partition coefficient (Wildman–Crippen LogP) is 0.692. The Labute approximate surface area is 63.9 Å². The standard InChI is InChI=1S/C6H9NO2S/c1-4-3-7-5(10-4)6(8)9-2/h3-5H,1-2H3/t4-,5+/m1/s1. The first-order valence-electron chi connectivity index (χ1n) is 3.00. The highest BCUT2D eigenvalue weighted by molar-refractivity contribution is 8.02. The summed E-state index contributed by atoms with van der Waals surface area (Å²) in [6.07, 6.45) is 1.77. The van der Waals surface area contributed by atoms with Crippen LogP contribution in [0.25, 0.3) is 0 Å². The summed E-state index contributed by atoms with van der Waals surface area (Å²) in [4.78, 5) is 14.8. The van der Waals surface area contributed by atoms with E-state index in [1.165, 1.54) is 18.9 Å². The molecule has 0 saturated carbocycles. The van der Waals surface area contributed by atoms with E-state index in [4.69, 9.17) is 0 Å². The van der Waals surface area contributed by atoms with Gasteiger partial charge in [-0.1, -0.05) is 0 Å². The maximum absolute atomic E-state index is 10.8. The summed E-state index contributed by atoms with van der Waals surface area (Å²) in [6, 6.07) is 0. The monoisotopic (exact) mass is 159 g/mol. The van der Waals surface area contributed by atoms with Crippen molar-refractivity contribution in [1.29, 1.82) is 0 Å². The number of thioether (sulfide) groups is 1. The fraction of sp³-hybridized carbons (Fsp3) is 0.667. The molecule has 0 saturated heterocycles. The Bertz CT molecular complexity index is 169. The summed E-state index contributed by atoms with van der Waals surface area (Å²) in [5.41, 5.74) is 0. The van der Waals surface area contributed by atoms with Gasteiger partial charge in [0.25, 0.3) is 0 Å². The van der Waals surface area contributed by atoms with Gasteiger partial charge in [-0.05, 0) is 6.92 Å². The van der Waals surface area contributed by atoms with Crippen LogP contribution in [0.1, 0.15) is 6.92 Å². The molecule has 0 N–H and O–H groups in total. The number of hydrogen-bond acceptors (Lipinski definition) is 4. The SMILES string of the molecule is COC(=O)[C@H]1N=C[C@@H](C)S1. The molecule has 1 heterocycles. The number of nitrogens with zero attached hydrogens (tertiary/aromatic N) is 1. The van der Waals surface area contributed by atoms with Crippen molar-refractivity contribution < 1.29 is 9.53 Å². The first-order chi connectivity index (χ1) is 4.74. The summed E-state index contributed by atoms with van der Waals surface area (Å²) in [7, 11) is 1.38. The van der Waals surface area contributed by atoms with Crippen LogP contribution in [-0.2, 0) is 9.53 Å². The van der Waals surface area contributed by atoms with E-state index in [1.807, 2.05) is 6.92 Å². The Morgan fingerprint density at radius 3 is 2.90 bits per heavy atom. The number of carbonyl (C=O) groups is 1. The molecule has 0 aromatic carbocycles. The average Bonchev–Trinajstić information content (AvgIpc) is 2.34. The van der Waals surface area contributed by atoms with E-state index < -0.39 is 0 Å². The molecule has 0 spiro atoms. The third kappa shape index (κ3) is 1.50. The number of hydrogen-bond donors (Lipinski definition) is 0. The zero-order valence-corrected chi connectivity index (χ0v) is 6.72. The Hall–Kier alpha value is -0.510. The molecule has 0 radical (unpaired) electrons. The number of carbonyl (C=O) groups excluding carboxylic acids is 1. The van der Waals surface area contributed by atoms with Gasteiger partial charge in [-0.3, -0.25) is 4.99 Å². The van der Waals surface area contributed by atoms with Crippen molar-refractivity contribution in [3.8, 4) is 0 Å². The van der Waals surface area contributed by atoms with Crippen molar-refractivity contribution in [2.24, 2.45) is 4.99 Å². The number of methoxy groups -OCH3 is 1. The topological polar surface area (TPSA) is 38.7 Å². The number of ether oxygens (including phenoxy) is 1. The van der Waals surface area contributed by atoms with Gasteiger partial charge in [0.15, 0.2) is 5.37 Å². The van der Waals surface area contributed by atoms with Crippen LogP contribution in [0.4, 0.5) is 0 Å². The lowest BCUT2D eigenvalue weighted by molar-refractivity contribution is -0.139. The van der Waals surface area contributed by atoms with Crippen LogP contribution in [0.2, 0.25) is 0 Å². The van der Waals surface area contributed by atoms with Gasteiger partial charge in [-0.2, -0.15) is 0 Å². The quantitative estimate of drug-likeness (QED) is 0.528. The summed E-state index contributed by atoms with van der Waals surface area (Å²) in [6.45, 7) is 2.00. The maximum Gasteiger partial charge on any atom is 0.341 e. The van der Waals surface area contributed by atoms with Crippen molar-refractivity contribution >= 4 is 23.9 Å². The minimum atomic E-state index is -0.319. The highest BCUT2D eigenvalue weighted by atomic mass is 32.2. The Balaban J connectivity index is 2.46. The van der Waals surface area contributed by atoms with Crippen LogP contribution in [0.3, 0.4) is 0 Å². The zero-order valence-electron chi connectivity index (χ0n) is 5.90. The van der Waals surface area contributed by atoms with E-state index in [9.17, 15) is 4.79 Å². The Morgan fingerprint density at radius 1 is 1.80 bits per heavy atom. The van der Waals surface area contributed by atoms with Crippen molar-refractivity contribution in [2.45, 2.75) is 17.5 Å². The van der Waals surface area contributed by atoms with Gasteiger partial charge in [0.2, 0.25) is 0 Å². The van der Waals surface area contributed by atoms with E-state index in [0.717, 1.165) is 0 Å². The molecule has 0 amide bonds. The summed E-state index contributed by atoms with van der Waals surface area (Å²) in [5, 5.41) is 0.0177. The molecule has 3 nitrogen and oxygen atoms in total. The van der Waals surface area contributed by atoms with Gasteiger partial charge in [0, 0.05) is 11.5 Å². The predicted molar refractivity (Wildman–Crippen MR) is 41.3 cm³/mol. The second-order valence-corrected chi connectivity index (χ2v) is 3.48. The zero-order chi connectivity index (χ0) is 7.56. The number of aliphatic imine (C=N–C) groups is 1. The third-order valence-corrected chi connectivity index (χ3v) is 2.30. The summed E-state index contributed by atoms with van der Waals surface area (Å²) < 4.78 is 4.51. The minimum Gasteiger partial charge on any atom is -0.467 e. The van der Waals surface area contributed by atoms with Gasteiger partial charge in [-0.25, -0.2) is 4.79 Å². The van der Waals surface area contributed by atoms with Crippen molar-refractivity contribution in [3.63, 3.8) is 0 Å². The maximum atomic E-state index is 10.8. The molecule has 10 heavy (non-hydrogen) atoms. The normalized spacial score (nSPS) is 30.6. The molecule has 0 aromatic rings. The molecular weight excluding hydrogens is 150 g/mol. The van der Waals surface area contributed by atoms with Crippen LogP contribution in [0, 0.1) is 0 Å². The molecule has 0 bridgehead atoms. The van der Waals surface area contributed by atoms with Crippen LogP contribution >= 0.6 is 11.8 Å². The molecule has 1 aliphatic heterocycles. The summed E-state index contributed by atoms with van der Waals surface area (Å²) in [5.74, 6) is -0.259. The molecule has 1 aliphatic rings. The fourth-order valence-electron chi connectivity index (χ4n) is 0.690. The van der Waals surface area contributed by atoms with Crippen molar-refractivity contribution in [2.75, 3.05) is 7.11 Å². The number of rotatable bonds is 1. The number of esters is 1. The van der Waals surface area contributed by atoms with Gasteiger partial charge >= 0.3 is 5.97 Å². The van der Waals surface area contributed by atoms with E-state index in [0.29, 0.717) is 5.25 Å². The van der Waals surface area contributed by atoms with Crippen LogP contribution in [-0.4, -0.2) is 29.9 Å². The van der Waals surface area contributed by atoms with E-state index in [1.54, 1.807) is 6.21 Å². The molecule has 0 unspecified atom stereocenters. The van der Waals surface area contributed by atoms with Crippen LogP contribution < -0.4 is 0 Å². The lowest BCUT2D eigenvalue weighted by Crippen LogP contribution is -2.14. The van der Waals surface area contributed by atoms with Crippen LogP contribution in [0.15, 0.2) is 4.99 Å². The average molecular weight is 159 g/mol.